The first-order valence-electron chi connectivity index (χ1n) is 9.37. The highest BCUT2D eigenvalue weighted by Crippen LogP contribution is 2.18. The van der Waals surface area contributed by atoms with Gasteiger partial charge in [-0.25, -0.2) is 4.68 Å². The summed E-state index contributed by atoms with van der Waals surface area (Å²) in [5.74, 6) is 0.465. The minimum atomic E-state index is -0.318. The molecule has 30 heavy (non-hydrogen) atoms. The maximum atomic E-state index is 12.5. The van der Waals surface area contributed by atoms with E-state index in [0.717, 1.165) is 16.9 Å². The molecule has 152 valence electrons. The molecule has 4 rings (SSSR count). The summed E-state index contributed by atoms with van der Waals surface area (Å²) in [5.41, 5.74) is 2.86. The highest BCUT2D eigenvalue weighted by molar-refractivity contribution is 6.31. The molecule has 0 saturated heterocycles. The predicted octanol–water partition coefficient (Wildman–Crippen LogP) is 4.38. The molecule has 7 nitrogen and oxygen atoms in total. The van der Waals surface area contributed by atoms with Gasteiger partial charge in [0.1, 0.15) is 5.75 Å². The molecular formula is C22H20ClN5O2. The predicted molar refractivity (Wildman–Crippen MR) is 115 cm³/mol. The number of amides is 1. The number of aryl methyl sites for hydroxylation is 1. The van der Waals surface area contributed by atoms with Crippen LogP contribution >= 0.6 is 11.6 Å². The highest BCUT2D eigenvalue weighted by atomic mass is 35.5. The van der Waals surface area contributed by atoms with Crippen molar-refractivity contribution >= 4 is 23.2 Å². The third-order valence-electron chi connectivity index (χ3n) is 4.50. The van der Waals surface area contributed by atoms with E-state index >= 15 is 0 Å². The molecule has 0 aliphatic heterocycles. The lowest BCUT2D eigenvalue weighted by molar-refractivity contribution is 0.102. The molecule has 1 amide bonds. The summed E-state index contributed by atoms with van der Waals surface area (Å²) in [7, 11) is 0. The molecule has 0 atom stereocenters. The zero-order chi connectivity index (χ0) is 20.9. The number of halogens is 1. The molecule has 4 aromatic rings. The molecule has 0 bridgehead atoms. The number of hydrogen-bond donors (Lipinski definition) is 1. The van der Waals surface area contributed by atoms with Gasteiger partial charge in [0.2, 0.25) is 0 Å². The van der Waals surface area contributed by atoms with Crippen LogP contribution in [0, 0.1) is 6.92 Å². The minimum absolute atomic E-state index is 0.216. The third kappa shape index (κ3) is 4.69. The molecule has 0 unspecified atom stereocenters. The van der Waals surface area contributed by atoms with Gasteiger partial charge in [0.15, 0.2) is 12.4 Å². The van der Waals surface area contributed by atoms with Gasteiger partial charge in [0, 0.05) is 17.4 Å². The minimum Gasteiger partial charge on any atom is -0.471 e. The lowest BCUT2D eigenvalue weighted by Crippen LogP contribution is -2.14. The van der Waals surface area contributed by atoms with Gasteiger partial charge in [-0.1, -0.05) is 48.0 Å². The number of nitrogens with one attached hydrogen (secondary N) is 1. The number of ether oxygens (including phenoxy) is 1. The standard InChI is InChI=1S/C22H20ClN5O2/c1-16-6-2-5-9-21(16)30-15-27-11-10-20(26-27)22(29)25-18-12-24-28(14-18)13-17-7-3-4-8-19(17)23/h2-12,14H,13,15H2,1H3,(H,25,29). The summed E-state index contributed by atoms with van der Waals surface area (Å²) in [4.78, 5) is 12.5. The van der Waals surface area contributed by atoms with E-state index in [1.807, 2.05) is 55.5 Å². The van der Waals surface area contributed by atoms with Crippen molar-refractivity contribution in [2.75, 3.05) is 5.32 Å². The Balaban J connectivity index is 1.35. The van der Waals surface area contributed by atoms with E-state index in [1.54, 1.807) is 34.0 Å². The average Bonchev–Trinajstić information content (AvgIpc) is 3.39. The SMILES string of the molecule is Cc1ccccc1OCn1ccc(C(=O)Nc2cnn(Cc3ccccc3Cl)c2)n1. The average molecular weight is 422 g/mol. The quantitative estimate of drug-likeness (QED) is 0.480. The highest BCUT2D eigenvalue weighted by Gasteiger charge is 2.12. The fraction of sp³-hybridized carbons (Fsp3) is 0.136. The van der Waals surface area contributed by atoms with E-state index in [9.17, 15) is 4.79 Å². The van der Waals surface area contributed by atoms with Crippen LogP contribution < -0.4 is 10.1 Å². The fourth-order valence-electron chi connectivity index (χ4n) is 2.92. The number of hydrogen-bond acceptors (Lipinski definition) is 4. The maximum Gasteiger partial charge on any atom is 0.276 e. The van der Waals surface area contributed by atoms with Gasteiger partial charge in [-0.3, -0.25) is 9.48 Å². The molecule has 0 aliphatic rings. The number of aromatic nitrogens is 4. The van der Waals surface area contributed by atoms with Gasteiger partial charge in [0.25, 0.3) is 5.91 Å². The Labute approximate surface area is 178 Å². The van der Waals surface area contributed by atoms with Crippen LogP contribution in [-0.4, -0.2) is 25.5 Å². The second kappa shape index (κ2) is 8.84. The number of rotatable bonds is 7. The zero-order valence-electron chi connectivity index (χ0n) is 16.3. The van der Waals surface area contributed by atoms with E-state index < -0.39 is 0 Å². The summed E-state index contributed by atoms with van der Waals surface area (Å²) in [6.07, 6.45) is 5.04. The van der Waals surface area contributed by atoms with Crippen molar-refractivity contribution in [1.29, 1.82) is 0 Å². The van der Waals surface area contributed by atoms with E-state index in [-0.39, 0.29) is 12.6 Å². The first-order valence-corrected chi connectivity index (χ1v) is 9.75. The lowest BCUT2D eigenvalue weighted by Gasteiger charge is -2.08. The van der Waals surface area contributed by atoms with Crippen molar-refractivity contribution in [2.24, 2.45) is 0 Å². The van der Waals surface area contributed by atoms with Crippen LogP contribution in [0.1, 0.15) is 21.6 Å². The van der Waals surface area contributed by atoms with Crippen molar-refractivity contribution in [3.05, 3.63) is 95.0 Å². The Hall–Kier alpha value is -3.58. The number of carbonyl (C=O) groups is 1. The molecule has 1 N–H and O–H groups in total. The number of para-hydroxylation sites is 1. The normalized spacial score (nSPS) is 10.7. The zero-order valence-corrected chi connectivity index (χ0v) is 17.1. The van der Waals surface area contributed by atoms with Crippen LogP contribution in [-0.2, 0) is 13.3 Å². The van der Waals surface area contributed by atoms with Gasteiger partial charge in [-0.15, -0.1) is 0 Å². The summed E-state index contributed by atoms with van der Waals surface area (Å²) in [5, 5.41) is 12.0. The Morgan fingerprint density at radius 3 is 2.73 bits per heavy atom. The maximum absolute atomic E-state index is 12.5. The second-order valence-electron chi connectivity index (χ2n) is 6.75. The monoisotopic (exact) mass is 421 g/mol. The lowest BCUT2D eigenvalue weighted by atomic mass is 10.2. The largest absolute Gasteiger partial charge is 0.471 e. The van der Waals surface area contributed by atoms with Gasteiger partial charge in [-0.05, 0) is 36.2 Å². The second-order valence-corrected chi connectivity index (χ2v) is 7.16. The van der Waals surface area contributed by atoms with Gasteiger partial charge in [-0.2, -0.15) is 10.2 Å². The molecule has 2 aromatic carbocycles. The summed E-state index contributed by atoms with van der Waals surface area (Å²) >= 11 is 6.19. The number of carbonyl (C=O) groups excluding carboxylic acids is 1. The van der Waals surface area contributed by atoms with Crippen molar-refractivity contribution in [1.82, 2.24) is 19.6 Å². The number of benzene rings is 2. The van der Waals surface area contributed by atoms with E-state index in [1.165, 1.54) is 0 Å². The van der Waals surface area contributed by atoms with Gasteiger partial charge < -0.3 is 10.1 Å². The molecule has 0 radical (unpaired) electrons. The first-order chi connectivity index (χ1) is 14.6. The van der Waals surface area contributed by atoms with E-state index in [0.29, 0.717) is 22.9 Å². The van der Waals surface area contributed by atoms with Crippen molar-refractivity contribution in [3.63, 3.8) is 0 Å². The van der Waals surface area contributed by atoms with Gasteiger partial charge >= 0.3 is 0 Å². The molecule has 2 heterocycles. The summed E-state index contributed by atoms with van der Waals surface area (Å²) in [6.45, 7) is 2.71. The third-order valence-corrected chi connectivity index (χ3v) is 4.87. The Morgan fingerprint density at radius 1 is 1.10 bits per heavy atom. The summed E-state index contributed by atoms with van der Waals surface area (Å²) < 4.78 is 9.03. The van der Waals surface area contributed by atoms with Crippen molar-refractivity contribution in [2.45, 2.75) is 20.2 Å². The van der Waals surface area contributed by atoms with Gasteiger partial charge in [0.05, 0.1) is 18.4 Å². The van der Waals surface area contributed by atoms with E-state index in [2.05, 4.69) is 15.5 Å². The first kappa shape index (κ1) is 19.7. The van der Waals surface area contributed by atoms with Crippen LogP contribution in [0.15, 0.2) is 73.2 Å². The van der Waals surface area contributed by atoms with Crippen molar-refractivity contribution in [3.8, 4) is 5.75 Å². The number of nitrogens with zero attached hydrogens (tertiary/aromatic N) is 4. The molecule has 8 heteroatoms. The Morgan fingerprint density at radius 2 is 1.90 bits per heavy atom. The van der Waals surface area contributed by atoms with E-state index in [4.69, 9.17) is 16.3 Å². The van der Waals surface area contributed by atoms with Crippen LogP contribution in [0.2, 0.25) is 5.02 Å². The smallest absolute Gasteiger partial charge is 0.276 e. The van der Waals surface area contributed by atoms with Crippen LogP contribution in [0.5, 0.6) is 5.75 Å². The molecule has 0 fully saturated rings. The molecule has 0 aliphatic carbocycles. The van der Waals surface area contributed by atoms with Crippen molar-refractivity contribution < 1.29 is 9.53 Å². The summed E-state index contributed by atoms with van der Waals surface area (Å²) in [6, 6.07) is 17.0. The topological polar surface area (TPSA) is 74.0 Å². The Bertz CT molecular complexity index is 1170. The molecule has 2 aromatic heterocycles. The fourth-order valence-corrected chi connectivity index (χ4v) is 3.12. The molecule has 0 saturated carbocycles. The van der Waals surface area contributed by atoms with Crippen LogP contribution in [0.3, 0.4) is 0 Å². The van der Waals surface area contributed by atoms with Crippen LogP contribution in [0.25, 0.3) is 0 Å². The molecular weight excluding hydrogens is 402 g/mol. The van der Waals surface area contributed by atoms with Crippen LogP contribution in [0.4, 0.5) is 5.69 Å². The Kier molecular flexibility index (Phi) is 5.81. The molecule has 0 spiro atoms. The number of anilines is 1.